The van der Waals surface area contributed by atoms with Gasteiger partial charge in [-0.1, -0.05) is 24.3 Å². The van der Waals surface area contributed by atoms with E-state index >= 15 is 0 Å². The van der Waals surface area contributed by atoms with E-state index < -0.39 is 23.2 Å². The van der Waals surface area contributed by atoms with Gasteiger partial charge in [-0.2, -0.15) is 0 Å². The summed E-state index contributed by atoms with van der Waals surface area (Å²) in [5.41, 5.74) is -0.410. The van der Waals surface area contributed by atoms with Crippen LogP contribution in [0, 0.1) is 17.8 Å². The van der Waals surface area contributed by atoms with Gasteiger partial charge in [-0.05, 0) is 76.1 Å². The Morgan fingerprint density at radius 3 is 2.46 bits per heavy atom. The van der Waals surface area contributed by atoms with Crippen LogP contribution >= 0.6 is 0 Å². The molecule has 3 aliphatic heterocycles. The lowest BCUT2D eigenvalue weighted by Gasteiger charge is -2.50. The van der Waals surface area contributed by atoms with Gasteiger partial charge in [-0.15, -0.1) is 0 Å². The number of carbonyl (C=O) groups is 2. The van der Waals surface area contributed by atoms with Gasteiger partial charge >= 0.3 is 12.1 Å². The first-order chi connectivity index (χ1) is 13.2. The van der Waals surface area contributed by atoms with Crippen LogP contribution in [-0.4, -0.2) is 47.3 Å². The Morgan fingerprint density at radius 2 is 1.89 bits per heavy atom. The Hall–Kier alpha value is -2.08. The van der Waals surface area contributed by atoms with Crippen LogP contribution < -0.4 is 5.32 Å². The first-order valence-electron chi connectivity index (χ1n) is 10.3. The third-order valence-electron chi connectivity index (χ3n) is 6.70. The van der Waals surface area contributed by atoms with Gasteiger partial charge in [0.25, 0.3) is 0 Å². The van der Waals surface area contributed by atoms with Crippen molar-refractivity contribution in [3.63, 3.8) is 0 Å². The van der Waals surface area contributed by atoms with Crippen LogP contribution in [0.1, 0.15) is 44.7 Å². The molecule has 152 valence electrons. The summed E-state index contributed by atoms with van der Waals surface area (Å²) in [6.45, 7) is 8.46. The number of amides is 1. The van der Waals surface area contributed by atoms with Gasteiger partial charge in [0.15, 0.2) is 5.54 Å². The van der Waals surface area contributed by atoms with Crippen molar-refractivity contribution in [1.82, 2.24) is 10.2 Å². The standard InChI is InChI=1S/C22H30N2O4/c1-21(2,3)28-20(27)23-22(19(25)26)17-7-5-4-6-15(17)12-18(22)16-13-24-10-8-14(16)9-11-24/h4-7,14,16,18H,8-13H2,1-3H3,(H,23,27)(H,25,26)/t16-,18?,22?/m1/s1. The van der Waals surface area contributed by atoms with E-state index in [1.165, 1.54) is 0 Å². The summed E-state index contributed by atoms with van der Waals surface area (Å²) < 4.78 is 5.46. The number of benzene rings is 1. The number of rotatable bonds is 3. The van der Waals surface area contributed by atoms with Crippen molar-refractivity contribution in [2.24, 2.45) is 17.8 Å². The van der Waals surface area contributed by atoms with Crippen LogP contribution in [-0.2, 0) is 21.5 Å². The molecular weight excluding hydrogens is 356 g/mol. The predicted molar refractivity (Wildman–Crippen MR) is 105 cm³/mol. The molecule has 0 saturated carbocycles. The normalized spacial score (nSPS) is 34.0. The molecule has 6 heteroatoms. The van der Waals surface area contributed by atoms with Gasteiger partial charge in [-0.3, -0.25) is 0 Å². The number of nitrogens with one attached hydrogen (secondary N) is 1. The predicted octanol–water partition coefficient (Wildman–Crippen LogP) is 3.01. The van der Waals surface area contributed by atoms with Crippen LogP contribution in [0.2, 0.25) is 0 Å². The summed E-state index contributed by atoms with van der Waals surface area (Å²) in [6.07, 6.45) is 2.23. The number of carbonyl (C=O) groups excluding carboxylic acids is 1. The zero-order valence-corrected chi connectivity index (χ0v) is 16.9. The molecule has 0 aromatic heterocycles. The monoisotopic (exact) mass is 386 g/mol. The molecular formula is C22H30N2O4. The van der Waals surface area contributed by atoms with Crippen LogP contribution in [0.25, 0.3) is 0 Å². The molecule has 3 fully saturated rings. The minimum absolute atomic E-state index is 0.178. The Balaban J connectivity index is 1.74. The van der Waals surface area contributed by atoms with Gasteiger partial charge in [0.1, 0.15) is 5.60 Å². The van der Waals surface area contributed by atoms with Crippen molar-refractivity contribution >= 4 is 12.1 Å². The average molecular weight is 386 g/mol. The number of piperidine rings is 3. The highest BCUT2D eigenvalue weighted by Crippen LogP contribution is 2.50. The van der Waals surface area contributed by atoms with E-state index in [9.17, 15) is 14.7 Å². The van der Waals surface area contributed by atoms with Crippen LogP contribution in [0.4, 0.5) is 4.79 Å². The molecule has 4 aliphatic rings. The molecule has 2 unspecified atom stereocenters. The molecule has 28 heavy (non-hydrogen) atoms. The summed E-state index contributed by atoms with van der Waals surface area (Å²) in [7, 11) is 0. The fraction of sp³-hybridized carbons (Fsp3) is 0.636. The number of carboxylic acids is 1. The molecule has 3 atom stereocenters. The topological polar surface area (TPSA) is 78.9 Å². The second kappa shape index (κ2) is 6.76. The molecule has 1 amide bonds. The van der Waals surface area contributed by atoms with Gasteiger partial charge < -0.3 is 20.1 Å². The van der Waals surface area contributed by atoms with Crippen LogP contribution in [0.5, 0.6) is 0 Å². The lowest BCUT2D eigenvalue weighted by Crippen LogP contribution is -2.61. The SMILES string of the molecule is CC(C)(C)OC(=O)NC1(C(=O)O)c2ccccc2CC1[C@@H]1CN2CCC1CC2. The van der Waals surface area contributed by atoms with Crippen molar-refractivity contribution in [1.29, 1.82) is 0 Å². The fourth-order valence-corrected chi connectivity index (χ4v) is 5.56. The molecule has 1 aliphatic carbocycles. The number of nitrogens with zero attached hydrogens (tertiary/aromatic N) is 1. The van der Waals surface area contributed by atoms with E-state index in [1.54, 1.807) is 20.8 Å². The molecule has 0 radical (unpaired) electrons. The Labute approximate surface area is 166 Å². The Morgan fingerprint density at radius 1 is 1.21 bits per heavy atom. The summed E-state index contributed by atoms with van der Waals surface area (Å²) in [5.74, 6) is -0.405. The molecule has 3 heterocycles. The number of alkyl carbamates (subject to hydrolysis) is 1. The number of hydrogen-bond donors (Lipinski definition) is 2. The summed E-state index contributed by atoms with van der Waals surface area (Å²) in [4.78, 5) is 27.9. The molecule has 3 saturated heterocycles. The molecule has 5 rings (SSSR count). The van der Waals surface area contributed by atoms with Gasteiger partial charge in [0.05, 0.1) is 0 Å². The maximum Gasteiger partial charge on any atom is 0.408 e. The molecule has 0 spiro atoms. The summed E-state index contributed by atoms with van der Waals surface area (Å²) in [6, 6.07) is 7.64. The van der Waals surface area contributed by atoms with Gasteiger partial charge in [0, 0.05) is 12.5 Å². The zero-order chi connectivity index (χ0) is 20.1. The minimum atomic E-state index is -1.44. The fourth-order valence-electron chi connectivity index (χ4n) is 5.56. The van der Waals surface area contributed by atoms with Crippen molar-refractivity contribution in [3.8, 4) is 0 Å². The first-order valence-corrected chi connectivity index (χ1v) is 10.3. The molecule has 2 N–H and O–H groups in total. The Bertz CT molecular complexity index is 779. The highest BCUT2D eigenvalue weighted by atomic mass is 16.6. The summed E-state index contributed by atoms with van der Waals surface area (Å²) in [5, 5.41) is 13.3. The molecule has 2 bridgehead atoms. The number of ether oxygens (including phenoxy) is 1. The second-order valence-corrected chi connectivity index (χ2v) is 9.51. The van der Waals surface area contributed by atoms with Gasteiger partial charge in [0.2, 0.25) is 0 Å². The van der Waals surface area contributed by atoms with E-state index in [0.29, 0.717) is 17.9 Å². The van der Waals surface area contributed by atoms with Crippen LogP contribution in [0.3, 0.4) is 0 Å². The number of fused-ring (bicyclic) bond motifs is 4. The quantitative estimate of drug-likeness (QED) is 0.835. The maximum atomic E-state index is 12.8. The smallest absolute Gasteiger partial charge is 0.408 e. The lowest BCUT2D eigenvalue weighted by atomic mass is 9.66. The van der Waals surface area contributed by atoms with E-state index in [-0.39, 0.29) is 11.8 Å². The van der Waals surface area contributed by atoms with E-state index in [2.05, 4.69) is 10.2 Å². The average Bonchev–Trinajstić information content (AvgIpc) is 2.96. The third-order valence-corrected chi connectivity index (χ3v) is 6.70. The van der Waals surface area contributed by atoms with Crippen molar-refractivity contribution in [2.45, 2.75) is 51.2 Å². The minimum Gasteiger partial charge on any atom is -0.479 e. The van der Waals surface area contributed by atoms with E-state index in [4.69, 9.17) is 4.74 Å². The number of aliphatic carboxylic acids is 1. The number of carboxylic acid groups (broad SMARTS) is 1. The zero-order valence-electron chi connectivity index (χ0n) is 16.9. The van der Waals surface area contributed by atoms with Crippen molar-refractivity contribution < 1.29 is 19.4 Å². The molecule has 1 aromatic rings. The van der Waals surface area contributed by atoms with E-state index in [0.717, 1.165) is 38.0 Å². The molecule has 1 aromatic carbocycles. The molecule has 6 nitrogen and oxygen atoms in total. The van der Waals surface area contributed by atoms with Crippen molar-refractivity contribution in [3.05, 3.63) is 35.4 Å². The summed E-state index contributed by atoms with van der Waals surface area (Å²) >= 11 is 0. The highest BCUT2D eigenvalue weighted by molar-refractivity contribution is 5.88. The second-order valence-electron chi connectivity index (χ2n) is 9.51. The Kier molecular flexibility index (Phi) is 4.65. The van der Waals surface area contributed by atoms with Crippen molar-refractivity contribution in [2.75, 3.05) is 19.6 Å². The van der Waals surface area contributed by atoms with Crippen LogP contribution in [0.15, 0.2) is 24.3 Å². The lowest BCUT2D eigenvalue weighted by molar-refractivity contribution is -0.150. The largest absolute Gasteiger partial charge is 0.479 e. The maximum absolute atomic E-state index is 12.8. The van der Waals surface area contributed by atoms with E-state index in [1.807, 2.05) is 24.3 Å². The first kappa shape index (κ1) is 19.2. The number of hydrogen-bond acceptors (Lipinski definition) is 4. The third kappa shape index (κ3) is 3.17. The highest BCUT2D eigenvalue weighted by Gasteiger charge is 2.59. The van der Waals surface area contributed by atoms with Gasteiger partial charge in [-0.25, -0.2) is 9.59 Å².